The molecule has 0 unspecified atom stereocenters. The highest BCUT2D eigenvalue weighted by Gasteiger charge is 2.28. The van der Waals surface area contributed by atoms with E-state index in [4.69, 9.17) is 4.74 Å². The van der Waals surface area contributed by atoms with Crippen molar-refractivity contribution < 1.29 is 4.74 Å². The summed E-state index contributed by atoms with van der Waals surface area (Å²) in [5, 5.41) is 9.26. The van der Waals surface area contributed by atoms with Gasteiger partial charge >= 0.3 is 0 Å². The van der Waals surface area contributed by atoms with Crippen molar-refractivity contribution in [1.29, 1.82) is 0 Å². The number of aryl methyl sites for hydroxylation is 1. The molecule has 2 aromatic heterocycles. The highest BCUT2D eigenvalue weighted by atomic mass is 16.5. The third-order valence-electron chi connectivity index (χ3n) is 5.79. The van der Waals surface area contributed by atoms with Gasteiger partial charge in [-0.3, -0.25) is 4.57 Å². The van der Waals surface area contributed by atoms with E-state index in [1.807, 2.05) is 18.2 Å². The highest BCUT2D eigenvalue weighted by Crippen LogP contribution is 2.35. The summed E-state index contributed by atoms with van der Waals surface area (Å²) < 4.78 is 8.36. The predicted octanol–water partition coefficient (Wildman–Crippen LogP) is 4.18. The zero-order chi connectivity index (χ0) is 20.9. The largest absolute Gasteiger partial charge is 0.474 e. The van der Waals surface area contributed by atoms with Gasteiger partial charge in [-0.1, -0.05) is 23.8 Å². The van der Waals surface area contributed by atoms with Crippen LogP contribution in [0.1, 0.15) is 48.8 Å². The van der Waals surface area contributed by atoms with Crippen molar-refractivity contribution >= 4 is 0 Å². The number of pyridine rings is 1. The monoisotopic (exact) mass is 405 g/mol. The average molecular weight is 406 g/mol. The summed E-state index contributed by atoms with van der Waals surface area (Å²) in [5.41, 5.74) is 2.41. The Morgan fingerprint density at radius 2 is 1.77 bits per heavy atom. The van der Waals surface area contributed by atoms with Crippen LogP contribution in [0.15, 0.2) is 48.7 Å². The van der Waals surface area contributed by atoms with Gasteiger partial charge in [0, 0.05) is 36.8 Å². The van der Waals surface area contributed by atoms with E-state index in [-0.39, 0.29) is 6.10 Å². The van der Waals surface area contributed by atoms with Gasteiger partial charge in [-0.2, -0.15) is 0 Å². The maximum Gasteiger partial charge on any atom is 0.213 e. The van der Waals surface area contributed by atoms with Gasteiger partial charge in [-0.05, 0) is 64.9 Å². The second-order valence-corrected chi connectivity index (χ2v) is 8.46. The number of hydrogen-bond acceptors (Lipinski definition) is 5. The lowest BCUT2D eigenvalue weighted by molar-refractivity contribution is 0.139. The number of rotatable bonds is 7. The van der Waals surface area contributed by atoms with Gasteiger partial charge in [0.1, 0.15) is 17.8 Å². The Balaban J connectivity index is 1.51. The van der Waals surface area contributed by atoms with E-state index >= 15 is 0 Å². The Kier molecular flexibility index (Phi) is 6.43. The van der Waals surface area contributed by atoms with Crippen molar-refractivity contribution in [2.45, 2.75) is 51.0 Å². The Bertz CT molecular complexity index is 928. The fourth-order valence-corrected chi connectivity index (χ4v) is 4.08. The van der Waals surface area contributed by atoms with E-state index in [9.17, 15) is 0 Å². The second kappa shape index (κ2) is 9.39. The Hall–Kier alpha value is -2.73. The minimum atomic E-state index is 0.222. The number of hydrogen-bond donors (Lipinski definition) is 0. The molecule has 0 amide bonds. The third kappa shape index (κ3) is 4.87. The Morgan fingerprint density at radius 3 is 2.43 bits per heavy atom. The summed E-state index contributed by atoms with van der Waals surface area (Å²) in [6.07, 6.45) is 7.00. The molecule has 3 aromatic rings. The van der Waals surface area contributed by atoms with Crippen LogP contribution in [0, 0.1) is 6.92 Å². The lowest BCUT2D eigenvalue weighted by atomic mass is 9.86. The minimum Gasteiger partial charge on any atom is -0.474 e. The second-order valence-electron chi connectivity index (χ2n) is 8.46. The summed E-state index contributed by atoms with van der Waals surface area (Å²) in [5.74, 6) is 3.24. The Labute approximate surface area is 178 Å². The first-order chi connectivity index (χ1) is 14.6. The normalized spacial score (nSPS) is 19.2. The summed E-state index contributed by atoms with van der Waals surface area (Å²) in [6.45, 7) is 3.07. The fourth-order valence-electron chi connectivity index (χ4n) is 4.08. The van der Waals surface area contributed by atoms with Crippen LogP contribution >= 0.6 is 0 Å². The van der Waals surface area contributed by atoms with Gasteiger partial charge in [-0.15, -0.1) is 10.2 Å². The SMILES string of the molecule is Cc1ccc(-n2c(CCN(C)C)nnc2[C@H]2CC[C@H](Oc3ccccn3)CC2)cc1. The summed E-state index contributed by atoms with van der Waals surface area (Å²) in [4.78, 5) is 6.48. The maximum absolute atomic E-state index is 6.08. The molecule has 1 aliphatic carbocycles. The third-order valence-corrected chi connectivity index (χ3v) is 5.79. The molecule has 2 heterocycles. The van der Waals surface area contributed by atoms with Crippen molar-refractivity contribution in [2.75, 3.05) is 20.6 Å². The first kappa shape index (κ1) is 20.5. The molecule has 0 aliphatic heterocycles. The number of nitrogens with zero attached hydrogens (tertiary/aromatic N) is 5. The van der Waals surface area contributed by atoms with Gasteiger partial charge in [0.2, 0.25) is 5.88 Å². The molecule has 6 heteroatoms. The standard InChI is InChI=1S/C24H31N5O/c1-18-7-11-20(12-8-18)29-22(15-17-28(2)3)26-27-24(29)19-9-13-21(14-10-19)30-23-6-4-5-16-25-23/h4-8,11-12,16,19,21H,9-10,13-15,17H2,1-3H3/t19-,21-. The number of aromatic nitrogens is 4. The molecular formula is C24H31N5O. The molecule has 0 atom stereocenters. The van der Waals surface area contributed by atoms with Gasteiger partial charge in [0.15, 0.2) is 0 Å². The van der Waals surface area contributed by atoms with Crippen LogP contribution in [0.5, 0.6) is 5.88 Å². The van der Waals surface area contributed by atoms with Crippen LogP contribution < -0.4 is 4.74 Å². The molecule has 1 aromatic carbocycles. The maximum atomic E-state index is 6.08. The average Bonchev–Trinajstić information content (AvgIpc) is 3.18. The number of benzene rings is 1. The van der Waals surface area contributed by atoms with Gasteiger partial charge < -0.3 is 9.64 Å². The van der Waals surface area contributed by atoms with Crippen molar-refractivity contribution in [2.24, 2.45) is 0 Å². The van der Waals surface area contributed by atoms with Crippen LogP contribution in [0.25, 0.3) is 5.69 Å². The first-order valence-electron chi connectivity index (χ1n) is 10.8. The molecule has 0 saturated heterocycles. The molecule has 0 spiro atoms. The molecule has 1 saturated carbocycles. The first-order valence-corrected chi connectivity index (χ1v) is 10.8. The quantitative estimate of drug-likeness (QED) is 0.590. The predicted molar refractivity (Wildman–Crippen MR) is 118 cm³/mol. The number of ether oxygens (including phenoxy) is 1. The van der Waals surface area contributed by atoms with E-state index in [2.05, 4.69) is 69.9 Å². The highest BCUT2D eigenvalue weighted by molar-refractivity contribution is 5.37. The molecule has 4 rings (SSSR count). The van der Waals surface area contributed by atoms with Crippen LogP contribution in [-0.2, 0) is 6.42 Å². The smallest absolute Gasteiger partial charge is 0.213 e. The van der Waals surface area contributed by atoms with Crippen LogP contribution in [-0.4, -0.2) is 51.4 Å². The van der Waals surface area contributed by atoms with E-state index < -0.39 is 0 Å². The Morgan fingerprint density at radius 1 is 1.00 bits per heavy atom. The molecular weight excluding hydrogens is 374 g/mol. The van der Waals surface area contributed by atoms with E-state index in [0.717, 1.165) is 61.9 Å². The van der Waals surface area contributed by atoms with Crippen LogP contribution in [0.4, 0.5) is 0 Å². The molecule has 1 aliphatic rings. The van der Waals surface area contributed by atoms with Gasteiger partial charge in [0.25, 0.3) is 0 Å². The summed E-state index contributed by atoms with van der Waals surface area (Å²) in [7, 11) is 4.19. The van der Waals surface area contributed by atoms with Crippen molar-refractivity contribution in [3.05, 3.63) is 65.9 Å². The molecule has 6 nitrogen and oxygen atoms in total. The zero-order valence-electron chi connectivity index (χ0n) is 18.2. The van der Waals surface area contributed by atoms with Crippen LogP contribution in [0.3, 0.4) is 0 Å². The molecule has 30 heavy (non-hydrogen) atoms. The molecule has 1 fully saturated rings. The van der Waals surface area contributed by atoms with Crippen molar-refractivity contribution in [3.63, 3.8) is 0 Å². The topological polar surface area (TPSA) is 56.1 Å². The molecule has 0 N–H and O–H groups in total. The minimum absolute atomic E-state index is 0.222. The van der Waals surface area contributed by atoms with Crippen molar-refractivity contribution in [3.8, 4) is 11.6 Å². The number of likely N-dealkylation sites (N-methyl/N-ethyl adjacent to an activating group) is 1. The van der Waals surface area contributed by atoms with E-state index in [1.54, 1.807) is 6.20 Å². The lowest BCUT2D eigenvalue weighted by Gasteiger charge is -2.28. The van der Waals surface area contributed by atoms with E-state index in [1.165, 1.54) is 5.56 Å². The fraction of sp³-hybridized carbons (Fsp3) is 0.458. The summed E-state index contributed by atoms with van der Waals surface area (Å²) in [6, 6.07) is 14.5. The van der Waals surface area contributed by atoms with Crippen LogP contribution in [0.2, 0.25) is 0 Å². The lowest BCUT2D eigenvalue weighted by Crippen LogP contribution is -2.25. The molecule has 158 valence electrons. The summed E-state index contributed by atoms with van der Waals surface area (Å²) >= 11 is 0. The van der Waals surface area contributed by atoms with E-state index in [0.29, 0.717) is 5.92 Å². The van der Waals surface area contributed by atoms with Gasteiger partial charge in [-0.25, -0.2) is 4.98 Å². The van der Waals surface area contributed by atoms with Gasteiger partial charge in [0.05, 0.1) is 0 Å². The molecule has 0 radical (unpaired) electrons. The van der Waals surface area contributed by atoms with Crippen molar-refractivity contribution in [1.82, 2.24) is 24.6 Å². The zero-order valence-corrected chi connectivity index (χ0v) is 18.2. The molecule has 0 bridgehead atoms.